The fraction of sp³-hybridized carbons (Fsp3) is 0.833. The van der Waals surface area contributed by atoms with E-state index in [0.717, 1.165) is 31.5 Å². The zero-order chi connectivity index (χ0) is 12.5. The molecule has 5 heteroatoms. The molecular weight excluding hydrogens is 238 g/mol. The van der Waals surface area contributed by atoms with Crippen molar-refractivity contribution in [3.63, 3.8) is 0 Å². The van der Waals surface area contributed by atoms with E-state index in [4.69, 9.17) is 16.3 Å². The van der Waals surface area contributed by atoms with Crippen LogP contribution in [0.2, 0.25) is 0 Å². The summed E-state index contributed by atoms with van der Waals surface area (Å²) in [5.41, 5.74) is 0.860. The van der Waals surface area contributed by atoms with Gasteiger partial charge in [0.2, 0.25) is 0 Å². The molecule has 1 aliphatic heterocycles. The van der Waals surface area contributed by atoms with Crippen molar-refractivity contribution in [2.45, 2.75) is 63.7 Å². The molecule has 0 amide bonds. The van der Waals surface area contributed by atoms with Crippen molar-refractivity contribution in [2.75, 3.05) is 0 Å². The van der Waals surface area contributed by atoms with Crippen molar-refractivity contribution in [1.82, 2.24) is 15.0 Å². The van der Waals surface area contributed by atoms with Gasteiger partial charge in [-0.05, 0) is 33.1 Å². The third-order valence-electron chi connectivity index (χ3n) is 3.18. The molecule has 2 atom stereocenters. The monoisotopic (exact) mass is 257 g/mol. The number of hydrogen-bond acceptors (Lipinski definition) is 3. The molecule has 96 valence electrons. The Morgan fingerprint density at radius 3 is 3.00 bits per heavy atom. The molecular formula is C12H20ClN3O. The van der Waals surface area contributed by atoms with E-state index in [9.17, 15) is 0 Å². The first-order chi connectivity index (χ1) is 8.00. The van der Waals surface area contributed by atoms with E-state index in [1.807, 2.05) is 17.8 Å². The molecule has 1 saturated heterocycles. The van der Waals surface area contributed by atoms with E-state index in [1.54, 1.807) is 0 Å². The maximum Gasteiger partial charge on any atom is 0.100 e. The number of rotatable bonds is 4. The SMILES string of the molecule is CCC(Cl)c1cn(CC2CCC(C)(C)O2)nn1. The van der Waals surface area contributed by atoms with Crippen molar-refractivity contribution < 1.29 is 4.74 Å². The Bertz CT molecular complexity index is 378. The lowest BCUT2D eigenvalue weighted by atomic mass is 10.1. The van der Waals surface area contributed by atoms with Crippen molar-refractivity contribution in [3.05, 3.63) is 11.9 Å². The molecule has 0 radical (unpaired) electrons. The highest BCUT2D eigenvalue weighted by Crippen LogP contribution is 2.30. The molecule has 2 unspecified atom stereocenters. The summed E-state index contributed by atoms with van der Waals surface area (Å²) in [6, 6.07) is 0. The largest absolute Gasteiger partial charge is 0.370 e. The predicted molar refractivity (Wildman–Crippen MR) is 67.1 cm³/mol. The zero-order valence-electron chi connectivity index (χ0n) is 10.7. The normalized spacial score (nSPS) is 25.1. The summed E-state index contributed by atoms with van der Waals surface area (Å²) in [7, 11) is 0. The van der Waals surface area contributed by atoms with Gasteiger partial charge in [0.25, 0.3) is 0 Å². The number of ether oxygens (including phenoxy) is 1. The van der Waals surface area contributed by atoms with Gasteiger partial charge in [-0.3, -0.25) is 0 Å². The van der Waals surface area contributed by atoms with Crippen LogP contribution in [-0.4, -0.2) is 26.7 Å². The smallest absolute Gasteiger partial charge is 0.100 e. The Balaban J connectivity index is 1.94. The minimum absolute atomic E-state index is 0.00646. The molecule has 0 N–H and O–H groups in total. The van der Waals surface area contributed by atoms with Gasteiger partial charge in [-0.25, -0.2) is 4.68 Å². The Hall–Kier alpha value is -0.610. The minimum Gasteiger partial charge on any atom is -0.370 e. The summed E-state index contributed by atoms with van der Waals surface area (Å²) >= 11 is 6.12. The predicted octanol–water partition coefficient (Wildman–Crippen LogP) is 2.93. The Morgan fingerprint density at radius 1 is 1.65 bits per heavy atom. The third kappa shape index (κ3) is 3.19. The van der Waals surface area contributed by atoms with E-state index >= 15 is 0 Å². The lowest BCUT2D eigenvalue weighted by Gasteiger charge is -2.18. The quantitative estimate of drug-likeness (QED) is 0.779. The lowest BCUT2D eigenvalue weighted by Crippen LogP contribution is -2.23. The highest BCUT2D eigenvalue weighted by molar-refractivity contribution is 6.20. The minimum atomic E-state index is -0.0373. The summed E-state index contributed by atoms with van der Waals surface area (Å²) in [6.45, 7) is 7.07. The average molecular weight is 258 g/mol. The van der Waals surface area contributed by atoms with Crippen LogP contribution >= 0.6 is 11.6 Å². The van der Waals surface area contributed by atoms with Gasteiger partial charge < -0.3 is 4.74 Å². The fourth-order valence-electron chi connectivity index (χ4n) is 2.17. The summed E-state index contributed by atoms with van der Waals surface area (Å²) in [5, 5.41) is 8.15. The highest BCUT2D eigenvalue weighted by atomic mass is 35.5. The molecule has 1 aromatic rings. The fourth-order valence-corrected chi connectivity index (χ4v) is 2.27. The molecule has 1 aromatic heterocycles. The number of alkyl halides is 1. The van der Waals surface area contributed by atoms with E-state index < -0.39 is 0 Å². The maximum absolute atomic E-state index is 6.12. The van der Waals surface area contributed by atoms with Crippen LogP contribution in [0.15, 0.2) is 6.20 Å². The third-order valence-corrected chi connectivity index (χ3v) is 3.71. The second-order valence-corrected chi connectivity index (χ2v) is 5.81. The Kier molecular flexibility index (Phi) is 3.73. The maximum atomic E-state index is 6.12. The number of halogens is 1. The van der Waals surface area contributed by atoms with Crippen molar-refractivity contribution in [2.24, 2.45) is 0 Å². The van der Waals surface area contributed by atoms with Crippen LogP contribution < -0.4 is 0 Å². The van der Waals surface area contributed by atoms with Gasteiger partial charge in [0.15, 0.2) is 0 Å². The summed E-state index contributed by atoms with van der Waals surface area (Å²) in [4.78, 5) is 0. The van der Waals surface area contributed by atoms with Gasteiger partial charge in [-0.15, -0.1) is 16.7 Å². The van der Waals surface area contributed by atoms with Crippen LogP contribution in [0.3, 0.4) is 0 Å². The molecule has 1 fully saturated rings. The molecule has 17 heavy (non-hydrogen) atoms. The molecule has 2 heterocycles. The Morgan fingerprint density at radius 2 is 2.41 bits per heavy atom. The standard InChI is InChI=1S/C12H20ClN3O/c1-4-10(13)11-8-16(15-14-11)7-9-5-6-12(2,3)17-9/h8-10H,4-7H2,1-3H3. The van der Waals surface area contributed by atoms with Crippen molar-refractivity contribution in [3.8, 4) is 0 Å². The van der Waals surface area contributed by atoms with Crippen LogP contribution in [0.25, 0.3) is 0 Å². The summed E-state index contributed by atoms with van der Waals surface area (Å²) < 4.78 is 7.77. The first-order valence-electron chi connectivity index (χ1n) is 6.22. The van der Waals surface area contributed by atoms with Crippen LogP contribution in [0, 0.1) is 0 Å². The van der Waals surface area contributed by atoms with Crippen LogP contribution in [0.5, 0.6) is 0 Å². The van der Waals surface area contributed by atoms with Crippen molar-refractivity contribution in [1.29, 1.82) is 0 Å². The number of hydrogen-bond donors (Lipinski definition) is 0. The molecule has 4 nitrogen and oxygen atoms in total. The van der Waals surface area contributed by atoms with Gasteiger partial charge in [0.1, 0.15) is 5.69 Å². The first-order valence-corrected chi connectivity index (χ1v) is 6.66. The van der Waals surface area contributed by atoms with E-state index in [1.165, 1.54) is 0 Å². The van der Waals surface area contributed by atoms with Gasteiger partial charge in [-0.2, -0.15) is 0 Å². The van der Waals surface area contributed by atoms with Crippen LogP contribution in [-0.2, 0) is 11.3 Å². The molecule has 0 saturated carbocycles. The van der Waals surface area contributed by atoms with Gasteiger partial charge in [0, 0.05) is 0 Å². The van der Waals surface area contributed by atoms with E-state index in [0.29, 0.717) is 0 Å². The topological polar surface area (TPSA) is 39.9 Å². The highest BCUT2D eigenvalue weighted by Gasteiger charge is 2.31. The second-order valence-electron chi connectivity index (χ2n) is 5.28. The first kappa shape index (κ1) is 12.8. The molecule has 0 aliphatic carbocycles. The average Bonchev–Trinajstić information content (AvgIpc) is 2.85. The lowest BCUT2D eigenvalue weighted by molar-refractivity contribution is -0.0231. The van der Waals surface area contributed by atoms with E-state index in [-0.39, 0.29) is 17.1 Å². The molecule has 2 rings (SSSR count). The van der Waals surface area contributed by atoms with Gasteiger partial charge in [-0.1, -0.05) is 12.1 Å². The molecule has 0 spiro atoms. The molecule has 1 aliphatic rings. The Labute approximate surface area is 107 Å². The molecule has 0 aromatic carbocycles. The van der Waals surface area contributed by atoms with Gasteiger partial charge >= 0.3 is 0 Å². The van der Waals surface area contributed by atoms with Crippen LogP contribution in [0.4, 0.5) is 0 Å². The number of nitrogens with zero attached hydrogens (tertiary/aromatic N) is 3. The summed E-state index contributed by atoms with van der Waals surface area (Å²) in [6.07, 6.45) is 5.23. The van der Waals surface area contributed by atoms with Crippen molar-refractivity contribution >= 4 is 11.6 Å². The second kappa shape index (κ2) is 4.94. The number of aromatic nitrogens is 3. The van der Waals surface area contributed by atoms with Crippen LogP contribution in [0.1, 0.15) is 51.1 Å². The molecule has 0 bridgehead atoms. The summed E-state index contributed by atoms with van der Waals surface area (Å²) in [5.74, 6) is 0. The van der Waals surface area contributed by atoms with E-state index in [2.05, 4.69) is 24.2 Å². The zero-order valence-corrected chi connectivity index (χ0v) is 11.4. The van der Waals surface area contributed by atoms with Gasteiger partial charge in [0.05, 0.1) is 29.8 Å².